The van der Waals surface area contributed by atoms with Gasteiger partial charge in [0.15, 0.2) is 5.69 Å². The number of anilines is 1. The Morgan fingerprint density at radius 2 is 1.59 bits per heavy atom. The summed E-state index contributed by atoms with van der Waals surface area (Å²) < 4.78 is 79.9. The molecule has 1 aromatic carbocycles. The van der Waals surface area contributed by atoms with Gasteiger partial charge in [-0.1, -0.05) is 23.2 Å². The zero-order valence-electron chi connectivity index (χ0n) is 16.8. The molecule has 0 saturated heterocycles. The molecule has 0 saturated carbocycles. The molecule has 0 aliphatic rings. The van der Waals surface area contributed by atoms with Crippen molar-refractivity contribution in [3.8, 4) is 5.69 Å². The predicted molar refractivity (Wildman–Crippen MR) is 108 cm³/mol. The zero-order chi connectivity index (χ0) is 25.7. The van der Waals surface area contributed by atoms with Crippen molar-refractivity contribution in [3.05, 3.63) is 72.2 Å². The summed E-state index contributed by atoms with van der Waals surface area (Å²) >= 11 is 12.0. The van der Waals surface area contributed by atoms with Crippen LogP contribution in [0.15, 0.2) is 34.0 Å². The largest absolute Gasteiger partial charge is 0.435 e. The molecule has 0 spiro atoms. The van der Waals surface area contributed by atoms with Crippen molar-refractivity contribution in [1.29, 1.82) is 0 Å². The van der Waals surface area contributed by atoms with Gasteiger partial charge >= 0.3 is 18.0 Å². The molecule has 8 nitrogen and oxygen atoms in total. The fraction of sp³-hybridized carbons (Fsp3) is 0.222. The first-order valence-electron chi connectivity index (χ1n) is 8.84. The van der Waals surface area contributed by atoms with Crippen molar-refractivity contribution in [2.75, 3.05) is 5.32 Å². The molecule has 0 fully saturated rings. The van der Waals surface area contributed by atoms with E-state index in [4.69, 9.17) is 23.2 Å². The average molecular weight is 530 g/mol. The van der Waals surface area contributed by atoms with E-state index in [-0.39, 0.29) is 30.9 Å². The van der Waals surface area contributed by atoms with E-state index < -0.39 is 52.1 Å². The van der Waals surface area contributed by atoms with Crippen LogP contribution in [0, 0.1) is 0 Å². The van der Waals surface area contributed by atoms with Crippen molar-refractivity contribution in [2.45, 2.75) is 12.4 Å². The van der Waals surface area contributed by atoms with E-state index in [9.17, 15) is 40.7 Å². The monoisotopic (exact) mass is 529 g/mol. The van der Waals surface area contributed by atoms with Gasteiger partial charge in [-0.2, -0.15) is 31.4 Å². The Labute approximate surface area is 194 Å². The number of carbonyl (C=O) groups is 1. The summed E-state index contributed by atoms with van der Waals surface area (Å²) in [4.78, 5) is 37.4. The third-order valence-corrected chi connectivity index (χ3v) is 5.09. The maximum Gasteiger partial charge on any atom is 0.435 e. The van der Waals surface area contributed by atoms with Crippen LogP contribution < -0.4 is 16.6 Å². The summed E-state index contributed by atoms with van der Waals surface area (Å²) in [6.07, 6.45) is -9.16. The number of nitrogens with one attached hydrogen (secondary N) is 1. The van der Waals surface area contributed by atoms with Gasteiger partial charge in [0.25, 0.3) is 11.5 Å². The van der Waals surface area contributed by atoms with Crippen LogP contribution in [0.5, 0.6) is 0 Å². The Morgan fingerprint density at radius 1 is 0.971 bits per heavy atom. The third-order valence-electron chi connectivity index (χ3n) is 4.48. The zero-order valence-corrected chi connectivity index (χ0v) is 18.4. The maximum absolute atomic E-state index is 13.2. The summed E-state index contributed by atoms with van der Waals surface area (Å²) in [7, 11) is 1.93. The summed E-state index contributed by atoms with van der Waals surface area (Å²) in [5.74, 6) is -1.29. The highest BCUT2D eigenvalue weighted by atomic mass is 35.5. The summed E-state index contributed by atoms with van der Waals surface area (Å²) in [5, 5.41) is 4.64. The lowest BCUT2D eigenvalue weighted by atomic mass is 10.2. The average Bonchev–Trinajstić information content (AvgIpc) is 3.09. The van der Waals surface area contributed by atoms with E-state index in [1.807, 2.05) is 0 Å². The van der Waals surface area contributed by atoms with Crippen LogP contribution in [0.3, 0.4) is 0 Å². The number of halogens is 8. The van der Waals surface area contributed by atoms with Crippen LogP contribution in [-0.2, 0) is 26.4 Å². The number of rotatable bonds is 3. The molecule has 1 amide bonds. The van der Waals surface area contributed by atoms with E-state index in [1.54, 1.807) is 0 Å². The van der Waals surface area contributed by atoms with Crippen LogP contribution in [0.4, 0.5) is 32.0 Å². The molecule has 0 unspecified atom stereocenters. The van der Waals surface area contributed by atoms with Crippen molar-refractivity contribution < 1.29 is 31.1 Å². The standard InChI is InChI=1S/C18H11Cl2F6N5O3/c1-29-6-7(14(28-29)18(24,25)26)15(33)27-10-4-11(9(20)3-8(10)19)31-13(32)5-12(17(21,22)23)30(2)16(31)34/h3-6H,1-2H3,(H,27,33). The topological polar surface area (TPSA) is 90.9 Å². The molecule has 1 N–H and O–H groups in total. The quantitative estimate of drug-likeness (QED) is 0.521. The number of amides is 1. The number of benzene rings is 1. The van der Waals surface area contributed by atoms with Crippen LogP contribution >= 0.6 is 23.2 Å². The van der Waals surface area contributed by atoms with Crippen molar-refractivity contribution in [3.63, 3.8) is 0 Å². The Balaban J connectivity index is 2.13. The van der Waals surface area contributed by atoms with Gasteiger partial charge in [0.2, 0.25) is 0 Å². The highest BCUT2D eigenvalue weighted by Crippen LogP contribution is 2.34. The number of alkyl halides is 6. The number of aryl methyl sites for hydroxylation is 1. The lowest BCUT2D eigenvalue weighted by Crippen LogP contribution is -2.40. The first-order valence-corrected chi connectivity index (χ1v) is 9.60. The second-order valence-electron chi connectivity index (χ2n) is 6.84. The van der Waals surface area contributed by atoms with E-state index in [1.165, 1.54) is 0 Å². The smallest absolute Gasteiger partial charge is 0.320 e. The molecular weight excluding hydrogens is 519 g/mol. The molecule has 182 valence electrons. The molecule has 34 heavy (non-hydrogen) atoms. The molecule has 0 bridgehead atoms. The molecule has 0 atom stereocenters. The minimum absolute atomic E-state index is 0.163. The highest BCUT2D eigenvalue weighted by molar-refractivity contribution is 6.37. The van der Waals surface area contributed by atoms with E-state index in [0.717, 1.165) is 37.1 Å². The molecule has 0 aliphatic heterocycles. The Bertz CT molecular complexity index is 1420. The molecule has 3 aromatic rings. The van der Waals surface area contributed by atoms with Crippen molar-refractivity contribution in [1.82, 2.24) is 18.9 Å². The second kappa shape index (κ2) is 8.51. The fourth-order valence-electron chi connectivity index (χ4n) is 2.98. The van der Waals surface area contributed by atoms with Gasteiger partial charge in [-0.3, -0.25) is 18.8 Å². The fourth-order valence-corrected chi connectivity index (χ4v) is 3.49. The van der Waals surface area contributed by atoms with Crippen LogP contribution in [-0.4, -0.2) is 24.8 Å². The lowest BCUT2D eigenvalue weighted by Gasteiger charge is -2.16. The molecule has 0 aliphatic carbocycles. The number of carbonyl (C=O) groups excluding carboxylic acids is 1. The lowest BCUT2D eigenvalue weighted by molar-refractivity contribution is -0.144. The maximum atomic E-state index is 13.2. The summed E-state index contributed by atoms with van der Waals surface area (Å²) in [6, 6.07) is 1.98. The highest BCUT2D eigenvalue weighted by Gasteiger charge is 2.39. The SMILES string of the molecule is Cn1cc(C(=O)Nc2cc(-n3c(=O)cc(C(F)(F)F)n(C)c3=O)c(Cl)cc2Cl)c(C(F)(F)F)n1. The molecule has 3 rings (SSSR count). The Morgan fingerprint density at radius 3 is 2.15 bits per heavy atom. The molecular formula is C18H11Cl2F6N5O3. The van der Waals surface area contributed by atoms with Gasteiger partial charge in [-0.25, -0.2) is 9.36 Å². The first-order chi connectivity index (χ1) is 15.5. The van der Waals surface area contributed by atoms with Gasteiger partial charge < -0.3 is 5.32 Å². The van der Waals surface area contributed by atoms with E-state index in [2.05, 4.69) is 10.4 Å². The van der Waals surface area contributed by atoms with E-state index in [0.29, 0.717) is 0 Å². The molecule has 16 heteroatoms. The number of hydrogen-bond donors (Lipinski definition) is 1. The minimum atomic E-state index is -5.00. The number of nitrogens with zero attached hydrogens (tertiary/aromatic N) is 4. The second-order valence-corrected chi connectivity index (χ2v) is 7.66. The predicted octanol–water partition coefficient (Wildman–Crippen LogP) is 3.87. The summed E-state index contributed by atoms with van der Waals surface area (Å²) in [5.41, 5.74) is -7.53. The Kier molecular flexibility index (Phi) is 6.35. The normalized spacial score (nSPS) is 12.2. The minimum Gasteiger partial charge on any atom is -0.320 e. The number of hydrogen-bond acceptors (Lipinski definition) is 4. The van der Waals surface area contributed by atoms with Crippen LogP contribution in [0.1, 0.15) is 21.7 Å². The van der Waals surface area contributed by atoms with Gasteiger partial charge in [0.1, 0.15) is 5.69 Å². The van der Waals surface area contributed by atoms with Gasteiger partial charge in [0.05, 0.1) is 27.0 Å². The Hall–Kier alpha value is -3.26. The number of aromatic nitrogens is 4. The van der Waals surface area contributed by atoms with Crippen LogP contribution in [0.2, 0.25) is 10.0 Å². The molecule has 2 aromatic heterocycles. The van der Waals surface area contributed by atoms with Gasteiger partial charge in [-0.05, 0) is 12.1 Å². The molecule has 2 heterocycles. The first kappa shape index (κ1) is 25.4. The van der Waals surface area contributed by atoms with Crippen LogP contribution in [0.25, 0.3) is 5.69 Å². The van der Waals surface area contributed by atoms with E-state index >= 15 is 0 Å². The van der Waals surface area contributed by atoms with Crippen molar-refractivity contribution >= 4 is 34.8 Å². The third kappa shape index (κ3) is 4.68. The molecule has 0 radical (unpaired) electrons. The summed E-state index contributed by atoms with van der Waals surface area (Å²) in [6.45, 7) is 0. The van der Waals surface area contributed by atoms with Crippen molar-refractivity contribution in [2.24, 2.45) is 14.1 Å². The van der Waals surface area contributed by atoms with Gasteiger partial charge in [0, 0.05) is 26.4 Å². The van der Waals surface area contributed by atoms with Gasteiger partial charge in [-0.15, -0.1) is 0 Å².